The number of hydrogen-bond donors (Lipinski definition) is 2. The van der Waals surface area contributed by atoms with Gasteiger partial charge in [-0.3, -0.25) is 10.1 Å². The Morgan fingerprint density at radius 2 is 1.64 bits per heavy atom. The van der Waals surface area contributed by atoms with Crippen LogP contribution in [0.1, 0.15) is 34.5 Å². The van der Waals surface area contributed by atoms with E-state index in [-0.39, 0.29) is 0 Å². The minimum atomic E-state index is -1.22. The molecule has 0 saturated carbocycles. The summed E-state index contributed by atoms with van der Waals surface area (Å²) in [4.78, 5) is 36.4. The van der Waals surface area contributed by atoms with Gasteiger partial charge in [0.25, 0.3) is 5.91 Å². The van der Waals surface area contributed by atoms with Gasteiger partial charge in [0.05, 0.1) is 5.56 Å². The van der Waals surface area contributed by atoms with Gasteiger partial charge in [0.15, 0.2) is 0 Å². The highest BCUT2D eigenvalue weighted by Gasteiger charge is 2.26. The van der Waals surface area contributed by atoms with E-state index in [9.17, 15) is 14.4 Å². The average Bonchev–Trinajstić information content (AvgIpc) is 2.61. The molecule has 130 valence electrons. The molecule has 0 aliphatic rings. The van der Waals surface area contributed by atoms with Crippen LogP contribution < -0.4 is 10.6 Å². The van der Waals surface area contributed by atoms with Crippen LogP contribution in [0.4, 0.5) is 4.79 Å². The van der Waals surface area contributed by atoms with Crippen molar-refractivity contribution in [3.63, 3.8) is 0 Å². The molecular formula is C19H20N2O4. The van der Waals surface area contributed by atoms with E-state index < -0.39 is 24.0 Å². The maximum absolute atomic E-state index is 12.4. The summed E-state index contributed by atoms with van der Waals surface area (Å²) in [5, 5.41) is 4.64. The van der Waals surface area contributed by atoms with Crippen LogP contribution in [0.5, 0.6) is 0 Å². The Labute approximate surface area is 146 Å². The number of aryl methyl sites for hydroxylation is 1. The Hall–Kier alpha value is -3.15. The number of carbonyl (C=O) groups excluding carboxylic acids is 3. The van der Waals surface area contributed by atoms with E-state index in [1.54, 1.807) is 61.5 Å². The quantitative estimate of drug-likeness (QED) is 0.820. The van der Waals surface area contributed by atoms with Crippen molar-refractivity contribution in [1.29, 1.82) is 0 Å². The number of nitrogens with one attached hydrogen (secondary N) is 2. The fourth-order valence-corrected chi connectivity index (χ4v) is 2.15. The van der Waals surface area contributed by atoms with Crippen LogP contribution in [-0.4, -0.2) is 24.5 Å². The lowest BCUT2D eigenvalue weighted by atomic mass is 10.1. The molecule has 0 radical (unpaired) electrons. The summed E-state index contributed by atoms with van der Waals surface area (Å²) in [7, 11) is 0. The van der Waals surface area contributed by atoms with Gasteiger partial charge >= 0.3 is 12.0 Å². The summed E-state index contributed by atoms with van der Waals surface area (Å²) in [5.74, 6) is -1.35. The van der Waals surface area contributed by atoms with Crippen molar-refractivity contribution in [3.05, 3.63) is 71.3 Å². The summed E-state index contributed by atoms with van der Waals surface area (Å²) in [6.07, 6.45) is -1.22. The summed E-state index contributed by atoms with van der Waals surface area (Å²) in [6, 6.07) is 14.7. The molecule has 0 spiro atoms. The number of benzene rings is 2. The second-order valence-electron chi connectivity index (χ2n) is 5.41. The molecule has 6 nitrogen and oxygen atoms in total. The lowest BCUT2D eigenvalue weighted by Gasteiger charge is -2.17. The van der Waals surface area contributed by atoms with E-state index in [2.05, 4.69) is 10.6 Å². The van der Waals surface area contributed by atoms with Crippen LogP contribution in [0.2, 0.25) is 0 Å². The number of carbonyl (C=O) groups is 3. The number of hydrogen-bond acceptors (Lipinski definition) is 4. The van der Waals surface area contributed by atoms with E-state index in [4.69, 9.17) is 4.74 Å². The van der Waals surface area contributed by atoms with Gasteiger partial charge in [-0.15, -0.1) is 0 Å². The normalized spacial score (nSPS) is 11.3. The Kier molecular flexibility index (Phi) is 6.28. The minimum Gasteiger partial charge on any atom is -0.444 e. The van der Waals surface area contributed by atoms with E-state index in [1.165, 1.54) is 0 Å². The molecule has 0 aliphatic carbocycles. The van der Waals surface area contributed by atoms with Gasteiger partial charge in [0.2, 0.25) is 6.10 Å². The zero-order valence-electron chi connectivity index (χ0n) is 14.1. The molecule has 25 heavy (non-hydrogen) atoms. The highest BCUT2D eigenvalue weighted by atomic mass is 16.5. The summed E-state index contributed by atoms with van der Waals surface area (Å²) < 4.78 is 5.37. The van der Waals surface area contributed by atoms with Gasteiger partial charge in [-0.2, -0.15) is 0 Å². The zero-order chi connectivity index (χ0) is 18.2. The first-order chi connectivity index (χ1) is 12.0. The zero-order valence-corrected chi connectivity index (χ0v) is 14.1. The molecule has 0 heterocycles. The number of urea groups is 1. The SMILES string of the molecule is CCNC(=O)NC(=O)[C@H](OC(=O)c1ccc(C)cc1)c1ccccc1. The molecule has 0 fully saturated rings. The number of imide groups is 1. The fourth-order valence-electron chi connectivity index (χ4n) is 2.15. The maximum Gasteiger partial charge on any atom is 0.339 e. The Morgan fingerprint density at radius 3 is 2.24 bits per heavy atom. The molecule has 0 saturated heterocycles. The van der Waals surface area contributed by atoms with E-state index in [0.717, 1.165) is 5.56 Å². The largest absolute Gasteiger partial charge is 0.444 e. The van der Waals surface area contributed by atoms with Crippen molar-refractivity contribution in [2.45, 2.75) is 20.0 Å². The number of rotatable bonds is 5. The predicted molar refractivity (Wildman–Crippen MR) is 93.0 cm³/mol. The second kappa shape index (κ2) is 8.63. The molecule has 6 heteroatoms. The van der Waals surface area contributed by atoms with Crippen molar-refractivity contribution in [2.75, 3.05) is 6.54 Å². The van der Waals surface area contributed by atoms with Crippen LogP contribution >= 0.6 is 0 Å². The van der Waals surface area contributed by atoms with Crippen LogP contribution in [0.25, 0.3) is 0 Å². The number of ether oxygens (including phenoxy) is 1. The number of amides is 3. The second-order valence-corrected chi connectivity index (χ2v) is 5.41. The molecule has 0 aliphatic heterocycles. The topological polar surface area (TPSA) is 84.5 Å². The van der Waals surface area contributed by atoms with E-state index in [1.807, 2.05) is 6.92 Å². The minimum absolute atomic E-state index is 0.331. The third-order valence-corrected chi connectivity index (χ3v) is 3.43. The molecule has 0 aromatic heterocycles. The van der Waals surface area contributed by atoms with Crippen molar-refractivity contribution >= 4 is 17.9 Å². The first-order valence-electron chi connectivity index (χ1n) is 7.92. The maximum atomic E-state index is 12.4. The van der Waals surface area contributed by atoms with Crippen molar-refractivity contribution in [1.82, 2.24) is 10.6 Å². The summed E-state index contributed by atoms with van der Waals surface area (Å²) in [6.45, 7) is 4.01. The Bertz CT molecular complexity index is 742. The van der Waals surface area contributed by atoms with Crippen molar-refractivity contribution in [2.24, 2.45) is 0 Å². The molecular weight excluding hydrogens is 320 g/mol. The first kappa shape index (κ1) is 18.2. The van der Waals surface area contributed by atoms with Crippen molar-refractivity contribution < 1.29 is 19.1 Å². The molecule has 2 aromatic rings. The third kappa shape index (κ3) is 5.17. The molecule has 2 rings (SSSR count). The molecule has 0 bridgehead atoms. The van der Waals surface area contributed by atoms with Crippen LogP contribution in [0.15, 0.2) is 54.6 Å². The number of esters is 1. The van der Waals surface area contributed by atoms with Gasteiger partial charge < -0.3 is 10.1 Å². The monoisotopic (exact) mass is 340 g/mol. The van der Waals surface area contributed by atoms with E-state index in [0.29, 0.717) is 17.7 Å². The van der Waals surface area contributed by atoms with E-state index >= 15 is 0 Å². The Morgan fingerprint density at radius 1 is 1.00 bits per heavy atom. The van der Waals surface area contributed by atoms with Crippen molar-refractivity contribution in [3.8, 4) is 0 Å². The van der Waals surface area contributed by atoms with Gasteiger partial charge in [-0.1, -0.05) is 48.0 Å². The molecule has 2 N–H and O–H groups in total. The third-order valence-electron chi connectivity index (χ3n) is 3.43. The summed E-state index contributed by atoms with van der Waals surface area (Å²) >= 11 is 0. The molecule has 3 amide bonds. The van der Waals surface area contributed by atoms with Gasteiger partial charge in [-0.05, 0) is 26.0 Å². The predicted octanol–water partition coefficient (Wildman–Crippen LogP) is 2.74. The molecule has 2 aromatic carbocycles. The summed E-state index contributed by atoms with van der Waals surface area (Å²) in [5.41, 5.74) is 1.81. The fraction of sp³-hybridized carbons (Fsp3) is 0.211. The standard InChI is InChI=1S/C19H20N2O4/c1-3-20-19(24)21-17(22)16(14-7-5-4-6-8-14)25-18(23)15-11-9-13(2)10-12-15/h4-12,16H,3H2,1-2H3,(H2,20,21,22,24)/t16-/m1/s1. The highest BCUT2D eigenvalue weighted by molar-refractivity contribution is 5.99. The van der Waals surface area contributed by atoms with Crippen LogP contribution in [-0.2, 0) is 9.53 Å². The highest BCUT2D eigenvalue weighted by Crippen LogP contribution is 2.19. The average molecular weight is 340 g/mol. The lowest BCUT2D eigenvalue weighted by Crippen LogP contribution is -2.42. The Balaban J connectivity index is 2.20. The lowest BCUT2D eigenvalue weighted by molar-refractivity contribution is -0.129. The van der Waals surface area contributed by atoms with Gasteiger partial charge in [0.1, 0.15) is 0 Å². The molecule has 1 atom stereocenters. The first-order valence-corrected chi connectivity index (χ1v) is 7.92. The van der Waals surface area contributed by atoms with Crippen LogP contribution in [0, 0.1) is 6.92 Å². The van der Waals surface area contributed by atoms with Gasteiger partial charge in [-0.25, -0.2) is 9.59 Å². The molecule has 0 unspecified atom stereocenters. The smallest absolute Gasteiger partial charge is 0.339 e. The van der Waals surface area contributed by atoms with Crippen LogP contribution in [0.3, 0.4) is 0 Å². The van der Waals surface area contributed by atoms with Gasteiger partial charge in [0, 0.05) is 12.1 Å².